The Morgan fingerprint density at radius 3 is 2.56 bits per heavy atom. The van der Waals surface area contributed by atoms with Gasteiger partial charge in [-0.1, -0.05) is 32.1 Å². The fourth-order valence-corrected chi connectivity index (χ4v) is 4.29. The standard InChI is InChI=1S/C29H30FNO5/c1-18(2)25-16-26(34-3)29(35-17-19-10-12-31-13-11-19)28(20-4-6-21(30)7-5-20)24(25)9-8-23-14-22(32)15-27(33)36-23/h4-13,16,18,22-23,32H,14-15,17H2,1-3H3/b9-8+. The summed E-state index contributed by atoms with van der Waals surface area (Å²) in [4.78, 5) is 15.9. The lowest BCUT2D eigenvalue weighted by molar-refractivity contribution is -0.156. The van der Waals surface area contributed by atoms with Crippen molar-refractivity contribution in [1.82, 2.24) is 4.98 Å². The molecule has 0 aliphatic carbocycles. The first kappa shape index (κ1) is 25.4. The number of rotatable bonds is 8. The molecule has 1 aliphatic rings. The molecule has 2 heterocycles. The molecule has 6 nitrogen and oxygen atoms in total. The highest BCUT2D eigenvalue weighted by molar-refractivity contribution is 5.85. The van der Waals surface area contributed by atoms with E-state index in [2.05, 4.69) is 18.8 Å². The number of aliphatic hydroxyl groups excluding tert-OH is 1. The lowest BCUT2D eigenvalue weighted by Crippen LogP contribution is -2.31. The quantitative estimate of drug-likeness (QED) is 0.409. The predicted molar refractivity (Wildman–Crippen MR) is 135 cm³/mol. The van der Waals surface area contributed by atoms with E-state index in [9.17, 15) is 14.3 Å². The van der Waals surface area contributed by atoms with Crippen LogP contribution in [0, 0.1) is 5.82 Å². The van der Waals surface area contributed by atoms with Crippen LogP contribution in [0.15, 0.2) is 60.9 Å². The number of ether oxygens (including phenoxy) is 3. The van der Waals surface area contributed by atoms with Crippen LogP contribution in [0.1, 0.15) is 49.3 Å². The third-order valence-electron chi connectivity index (χ3n) is 6.09. The molecule has 0 bridgehead atoms. The molecule has 36 heavy (non-hydrogen) atoms. The maximum atomic E-state index is 13.8. The van der Waals surface area contributed by atoms with Crippen LogP contribution in [0.4, 0.5) is 4.39 Å². The number of halogens is 1. The van der Waals surface area contributed by atoms with Crippen molar-refractivity contribution in [2.24, 2.45) is 0 Å². The first-order chi connectivity index (χ1) is 17.4. The summed E-state index contributed by atoms with van der Waals surface area (Å²) < 4.78 is 31.3. The molecule has 1 aliphatic heterocycles. The summed E-state index contributed by atoms with van der Waals surface area (Å²) in [7, 11) is 1.59. The molecule has 0 spiro atoms. The van der Waals surface area contributed by atoms with Crippen LogP contribution >= 0.6 is 0 Å². The van der Waals surface area contributed by atoms with Crippen LogP contribution in [0.3, 0.4) is 0 Å². The number of aromatic nitrogens is 1. The minimum atomic E-state index is -0.739. The predicted octanol–water partition coefficient (Wildman–Crippen LogP) is 5.68. The Balaban J connectivity index is 1.86. The molecule has 4 rings (SSSR count). The minimum Gasteiger partial charge on any atom is -0.493 e. The number of cyclic esters (lactones) is 1. The van der Waals surface area contributed by atoms with Crippen LogP contribution in [0.25, 0.3) is 17.2 Å². The summed E-state index contributed by atoms with van der Waals surface area (Å²) in [6.45, 7) is 4.43. The van der Waals surface area contributed by atoms with Crippen molar-refractivity contribution in [1.29, 1.82) is 0 Å². The van der Waals surface area contributed by atoms with Gasteiger partial charge in [-0.15, -0.1) is 0 Å². The van der Waals surface area contributed by atoms with Gasteiger partial charge >= 0.3 is 5.97 Å². The molecule has 0 amide bonds. The fourth-order valence-electron chi connectivity index (χ4n) is 4.29. The molecule has 1 saturated heterocycles. The zero-order valence-electron chi connectivity index (χ0n) is 20.6. The zero-order chi connectivity index (χ0) is 25.7. The third kappa shape index (κ3) is 5.91. The summed E-state index contributed by atoms with van der Waals surface area (Å²) in [5.74, 6) is 0.424. The van der Waals surface area contributed by atoms with E-state index in [-0.39, 0.29) is 24.8 Å². The van der Waals surface area contributed by atoms with Crippen LogP contribution in [0.2, 0.25) is 0 Å². The minimum absolute atomic E-state index is 0.00204. The van der Waals surface area contributed by atoms with E-state index in [1.54, 1.807) is 37.7 Å². The number of hydrogen-bond donors (Lipinski definition) is 1. The van der Waals surface area contributed by atoms with Crippen molar-refractivity contribution in [2.45, 2.75) is 51.4 Å². The molecule has 0 radical (unpaired) electrons. The number of aliphatic hydroxyl groups is 1. The Morgan fingerprint density at radius 1 is 1.19 bits per heavy atom. The number of carbonyl (C=O) groups excluding carboxylic acids is 1. The van der Waals surface area contributed by atoms with E-state index in [4.69, 9.17) is 14.2 Å². The molecular formula is C29H30FNO5. The van der Waals surface area contributed by atoms with E-state index in [1.165, 1.54) is 12.1 Å². The fraction of sp³-hybridized carbons (Fsp3) is 0.310. The lowest BCUT2D eigenvalue weighted by Gasteiger charge is -2.25. The van der Waals surface area contributed by atoms with Crippen molar-refractivity contribution in [2.75, 3.05) is 7.11 Å². The highest BCUT2D eigenvalue weighted by Gasteiger charge is 2.26. The highest BCUT2D eigenvalue weighted by atomic mass is 19.1. The number of benzene rings is 2. The normalized spacial score (nSPS) is 17.9. The van der Waals surface area contributed by atoms with Gasteiger partial charge < -0.3 is 19.3 Å². The van der Waals surface area contributed by atoms with Gasteiger partial charge in [0.25, 0.3) is 0 Å². The second-order valence-electron chi connectivity index (χ2n) is 9.07. The summed E-state index contributed by atoms with van der Waals surface area (Å²) in [5.41, 5.74) is 4.26. The number of pyridine rings is 1. The summed E-state index contributed by atoms with van der Waals surface area (Å²) in [6, 6.07) is 11.9. The van der Waals surface area contributed by atoms with E-state index in [0.29, 0.717) is 17.9 Å². The molecule has 0 saturated carbocycles. The number of methoxy groups -OCH3 is 1. The van der Waals surface area contributed by atoms with Gasteiger partial charge in [-0.3, -0.25) is 9.78 Å². The topological polar surface area (TPSA) is 77.9 Å². The van der Waals surface area contributed by atoms with Crippen molar-refractivity contribution in [3.05, 3.63) is 83.4 Å². The number of hydrogen-bond acceptors (Lipinski definition) is 6. The lowest BCUT2D eigenvalue weighted by atomic mass is 9.88. The van der Waals surface area contributed by atoms with Crippen molar-refractivity contribution in [3.8, 4) is 22.6 Å². The van der Waals surface area contributed by atoms with Crippen molar-refractivity contribution < 1.29 is 28.5 Å². The Kier molecular flexibility index (Phi) is 8.00. The number of esters is 1. The maximum Gasteiger partial charge on any atom is 0.309 e. The summed E-state index contributed by atoms with van der Waals surface area (Å²) >= 11 is 0. The molecular weight excluding hydrogens is 461 g/mol. The van der Waals surface area contributed by atoms with Gasteiger partial charge in [0, 0.05) is 24.4 Å². The second kappa shape index (κ2) is 11.4. The van der Waals surface area contributed by atoms with E-state index in [0.717, 1.165) is 27.8 Å². The van der Waals surface area contributed by atoms with Crippen molar-refractivity contribution in [3.63, 3.8) is 0 Å². The molecule has 2 aromatic carbocycles. The van der Waals surface area contributed by atoms with Crippen molar-refractivity contribution >= 4 is 12.0 Å². The second-order valence-corrected chi connectivity index (χ2v) is 9.07. The molecule has 1 fully saturated rings. The van der Waals surface area contributed by atoms with E-state index in [1.807, 2.05) is 24.3 Å². The average Bonchev–Trinajstić information content (AvgIpc) is 2.86. The van der Waals surface area contributed by atoms with E-state index >= 15 is 0 Å². The number of carbonyl (C=O) groups is 1. The third-order valence-corrected chi connectivity index (χ3v) is 6.09. The molecule has 2 unspecified atom stereocenters. The molecule has 188 valence electrons. The SMILES string of the molecule is COc1cc(C(C)C)c(/C=C/C2CC(O)CC(=O)O2)c(-c2ccc(F)cc2)c1OCc1ccncc1. The van der Waals surface area contributed by atoms with Gasteiger partial charge in [-0.25, -0.2) is 4.39 Å². The smallest absolute Gasteiger partial charge is 0.309 e. The molecule has 1 aromatic heterocycles. The van der Waals surface area contributed by atoms with Gasteiger partial charge in [-0.05, 0) is 64.6 Å². The Morgan fingerprint density at radius 2 is 1.92 bits per heavy atom. The molecule has 2 atom stereocenters. The Hall–Kier alpha value is -3.71. The van der Waals surface area contributed by atoms with Crippen LogP contribution < -0.4 is 9.47 Å². The van der Waals surface area contributed by atoms with Gasteiger partial charge in [0.05, 0.1) is 19.6 Å². The van der Waals surface area contributed by atoms with Crippen LogP contribution in [0.5, 0.6) is 11.5 Å². The first-order valence-corrected chi connectivity index (χ1v) is 11.9. The number of nitrogens with zero attached hydrogens (tertiary/aromatic N) is 1. The zero-order valence-corrected chi connectivity index (χ0v) is 20.6. The maximum absolute atomic E-state index is 13.8. The molecule has 3 aromatic rings. The van der Waals surface area contributed by atoms with Gasteiger partial charge in [0.2, 0.25) is 0 Å². The van der Waals surface area contributed by atoms with Gasteiger partial charge in [0.1, 0.15) is 18.5 Å². The average molecular weight is 492 g/mol. The molecule has 1 N–H and O–H groups in total. The monoisotopic (exact) mass is 491 g/mol. The van der Waals surface area contributed by atoms with E-state index < -0.39 is 18.2 Å². The molecule has 7 heteroatoms. The largest absolute Gasteiger partial charge is 0.493 e. The van der Waals surface area contributed by atoms with Gasteiger partial charge in [-0.2, -0.15) is 0 Å². The van der Waals surface area contributed by atoms with Crippen LogP contribution in [-0.4, -0.2) is 35.4 Å². The summed E-state index contributed by atoms with van der Waals surface area (Å²) in [6.07, 6.45) is 6.11. The summed E-state index contributed by atoms with van der Waals surface area (Å²) in [5, 5.41) is 10.0. The Bertz CT molecular complexity index is 1220. The van der Waals surface area contributed by atoms with Crippen LogP contribution in [-0.2, 0) is 16.1 Å². The Labute approximate surface area is 210 Å². The highest BCUT2D eigenvalue weighted by Crippen LogP contribution is 2.45. The first-order valence-electron chi connectivity index (χ1n) is 11.9. The van der Waals surface area contributed by atoms with Gasteiger partial charge in [0.15, 0.2) is 11.5 Å².